The van der Waals surface area contributed by atoms with E-state index in [0.717, 1.165) is 38.1 Å². The van der Waals surface area contributed by atoms with E-state index in [4.69, 9.17) is 4.74 Å². The summed E-state index contributed by atoms with van der Waals surface area (Å²) in [5.74, 6) is 0.170. The van der Waals surface area contributed by atoms with Crippen LogP contribution in [0.4, 0.5) is 0 Å². The van der Waals surface area contributed by atoms with Gasteiger partial charge in [-0.1, -0.05) is 12.1 Å². The van der Waals surface area contributed by atoms with Gasteiger partial charge in [-0.3, -0.25) is 4.79 Å². The molecule has 23 heavy (non-hydrogen) atoms. The second-order valence-electron chi connectivity index (χ2n) is 6.86. The Morgan fingerprint density at radius 3 is 2.96 bits per heavy atom. The highest BCUT2D eigenvalue weighted by Gasteiger charge is 2.26. The second kappa shape index (κ2) is 6.00. The highest BCUT2D eigenvalue weighted by atomic mass is 16.5. The van der Waals surface area contributed by atoms with Crippen molar-refractivity contribution in [3.8, 4) is 0 Å². The fraction of sp³-hybridized carbons (Fsp3) is 0.526. The van der Waals surface area contributed by atoms with Crippen molar-refractivity contribution in [2.75, 3.05) is 13.2 Å². The van der Waals surface area contributed by atoms with Gasteiger partial charge in [0.25, 0.3) is 0 Å². The van der Waals surface area contributed by atoms with Crippen LogP contribution in [0.15, 0.2) is 24.4 Å². The molecular formula is C19H24N2O2. The quantitative estimate of drug-likeness (QED) is 0.946. The third kappa shape index (κ3) is 2.76. The normalized spacial score (nSPS) is 25.0. The summed E-state index contributed by atoms with van der Waals surface area (Å²) in [4.78, 5) is 12.0. The lowest BCUT2D eigenvalue weighted by atomic mass is 9.96. The van der Waals surface area contributed by atoms with Crippen molar-refractivity contribution in [2.24, 2.45) is 0 Å². The maximum Gasteiger partial charge on any atom is 0.227 e. The zero-order valence-corrected chi connectivity index (χ0v) is 13.7. The maximum atomic E-state index is 12.0. The molecule has 4 heteroatoms. The van der Waals surface area contributed by atoms with Crippen LogP contribution in [0.1, 0.15) is 42.7 Å². The first-order chi connectivity index (χ1) is 11.2. The number of nitrogens with one attached hydrogen (secondary N) is 1. The number of benzene rings is 1. The van der Waals surface area contributed by atoms with Crippen molar-refractivity contribution >= 4 is 16.8 Å². The summed E-state index contributed by atoms with van der Waals surface area (Å²) in [6, 6.07) is 6.50. The van der Waals surface area contributed by atoms with Crippen molar-refractivity contribution in [3.63, 3.8) is 0 Å². The first kappa shape index (κ1) is 14.8. The van der Waals surface area contributed by atoms with Gasteiger partial charge in [-0.2, -0.15) is 0 Å². The summed E-state index contributed by atoms with van der Waals surface area (Å²) >= 11 is 0. The number of ether oxygens (including phenoxy) is 1. The Morgan fingerprint density at radius 1 is 1.30 bits per heavy atom. The summed E-state index contributed by atoms with van der Waals surface area (Å²) in [6.45, 7) is 4.74. The molecule has 2 aliphatic heterocycles. The lowest BCUT2D eigenvalue weighted by Gasteiger charge is -2.23. The fourth-order valence-electron chi connectivity index (χ4n) is 3.94. The van der Waals surface area contributed by atoms with Crippen molar-refractivity contribution in [2.45, 2.75) is 51.2 Å². The lowest BCUT2D eigenvalue weighted by molar-refractivity contribution is -0.120. The molecule has 4 rings (SSSR count). The zero-order chi connectivity index (χ0) is 15.8. The first-order valence-electron chi connectivity index (χ1n) is 8.71. The van der Waals surface area contributed by atoms with Gasteiger partial charge in [0.1, 0.15) is 0 Å². The summed E-state index contributed by atoms with van der Waals surface area (Å²) < 4.78 is 8.22. The van der Waals surface area contributed by atoms with Crippen LogP contribution >= 0.6 is 0 Å². The number of nitrogens with zero attached hydrogens (tertiary/aromatic N) is 1. The van der Waals surface area contributed by atoms with E-state index in [-0.39, 0.29) is 11.8 Å². The van der Waals surface area contributed by atoms with Crippen LogP contribution in [-0.4, -0.2) is 29.7 Å². The van der Waals surface area contributed by atoms with Gasteiger partial charge >= 0.3 is 0 Å². The summed E-state index contributed by atoms with van der Waals surface area (Å²) in [5.41, 5.74) is 3.66. The number of aromatic nitrogens is 1. The number of hydrogen-bond donors (Lipinski definition) is 1. The van der Waals surface area contributed by atoms with E-state index in [0.29, 0.717) is 6.10 Å². The van der Waals surface area contributed by atoms with Crippen LogP contribution in [0.3, 0.4) is 0 Å². The predicted octanol–water partition coefficient (Wildman–Crippen LogP) is 3.12. The minimum Gasteiger partial charge on any atom is -0.376 e. The second-order valence-corrected chi connectivity index (χ2v) is 6.86. The molecule has 1 amide bonds. The molecule has 0 radical (unpaired) electrons. The average molecular weight is 312 g/mol. The van der Waals surface area contributed by atoms with E-state index < -0.39 is 0 Å². The molecule has 0 bridgehead atoms. The monoisotopic (exact) mass is 312 g/mol. The summed E-state index contributed by atoms with van der Waals surface area (Å²) in [5, 5.41) is 4.22. The van der Waals surface area contributed by atoms with Crippen LogP contribution in [-0.2, 0) is 16.1 Å². The Labute approximate surface area is 136 Å². The predicted molar refractivity (Wildman–Crippen MR) is 90.6 cm³/mol. The first-order valence-corrected chi connectivity index (χ1v) is 8.71. The van der Waals surface area contributed by atoms with E-state index in [1.54, 1.807) is 0 Å². The maximum absolute atomic E-state index is 12.0. The lowest BCUT2D eigenvalue weighted by Crippen LogP contribution is -2.24. The summed E-state index contributed by atoms with van der Waals surface area (Å²) in [7, 11) is 0. The van der Waals surface area contributed by atoms with Crippen molar-refractivity contribution in [1.29, 1.82) is 0 Å². The largest absolute Gasteiger partial charge is 0.376 e. The van der Waals surface area contributed by atoms with Crippen molar-refractivity contribution in [1.82, 2.24) is 9.88 Å². The Kier molecular flexibility index (Phi) is 3.85. The number of carbonyl (C=O) groups is 1. The van der Waals surface area contributed by atoms with E-state index in [1.165, 1.54) is 29.3 Å². The Morgan fingerprint density at radius 2 is 2.22 bits per heavy atom. The number of rotatable bonds is 3. The minimum absolute atomic E-state index is 0.00832. The molecule has 0 saturated carbocycles. The van der Waals surface area contributed by atoms with Gasteiger partial charge in [-0.05, 0) is 49.8 Å². The third-order valence-corrected chi connectivity index (χ3v) is 5.23. The molecule has 2 fully saturated rings. The van der Waals surface area contributed by atoms with Gasteiger partial charge < -0.3 is 14.6 Å². The summed E-state index contributed by atoms with van der Waals surface area (Å²) in [6.07, 6.45) is 7.02. The Balaban J connectivity index is 1.68. The molecule has 122 valence electrons. The zero-order valence-electron chi connectivity index (χ0n) is 13.7. The molecule has 1 aromatic heterocycles. The molecule has 2 atom stereocenters. The smallest absolute Gasteiger partial charge is 0.227 e. The van der Waals surface area contributed by atoms with Gasteiger partial charge in [0.15, 0.2) is 0 Å². The molecule has 1 N–H and O–H groups in total. The van der Waals surface area contributed by atoms with Crippen LogP contribution < -0.4 is 5.32 Å². The van der Waals surface area contributed by atoms with Crippen LogP contribution in [0, 0.1) is 6.92 Å². The van der Waals surface area contributed by atoms with Gasteiger partial charge in [0.2, 0.25) is 5.91 Å². The van der Waals surface area contributed by atoms with Gasteiger partial charge in [-0.15, -0.1) is 0 Å². The molecule has 0 aliphatic carbocycles. The highest BCUT2D eigenvalue weighted by Crippen LogP contribution is 2.29. The van der Waals surface area contributed by atoms with E-state index >= 15 is 0 Å². The molecule has 3 heterocycles. The number of fused-ring (bicyclic) bond motifs is 1. The Hall–Kier alpha value is -1.81. The molecule has 2 aliphatic rings. The van der Waals surface area contributed by atoms with Crippen LogP contribution in [0.2, 0.25) is 0 Å². The minimum atomic E-state index is 0.00832. The molecular weight excluding hydrogens is 288 g/mol. The topological polar surface area (TPSA) is 43.3 Å². The molecule has 0 spiro atoms. The van der Waals surface area contributed by atoms with Crippen molar-refractivity contribution in [3.05, 3.63) is 35.5 Å². The number of carbonyl (C=O) groups excluding carboxylic acids is 1. The average Bonchev–Trinajstić information content (AvgIpc) is 3.12. The van der Waals surface area contributed by atoms with Gasteiger partial charge in [-0.25, -0.2) is 0 Å². The Bertz CT molecular complexity index is 728. The van der Waals surface area contributed by atoms with Gasteiger partial charge in [0.05, 0.1) is 12.0 Å². The van der Waals surface area contributed by atoms with Gasteiger partial charge in [0, 0.05) is 36.8 Å². The van der Waals surface area contributed by atoms with Crippen LogP contribution in [0.5, 0.6) is 0 Å². The molecule has 1 aromatic carbocycles. The standard InChI is InChI=1S/C19H24N2O2/c1-13-11-21(12-15-4-2-3-9-23-15)18-10-14(5-6-16(13)18)17-7-8-20-19(17)22/h5-6,10-11,15,17H,2-4,7-9,12H2,1H3,(H,20,22). The van der Waals surface area contributed by atoms with Crippen molar-refractivity contribution < 1.29 is 9.53 Å². The van der Waals surface area contributed by atoms with Crippen LogP contribution in [0.25, 0.3) is 10.9 Å². The molecule has 4 nitrogen and oxygen atoms in total. The third-order valence-electron chi connectivity index (χ3n) is 5.23. The van der Waals surface area contributed by atoms with E-state index in [2.05, 4.69) is 41.2 Å². The van der Waals surface area contributed by atoms with E-state index in [1.807, 2.05) is 0 Å². The van der Waals surface area contributed by atoms with E-state index in [9.17, 15) is 4.79 Å². The highest BCUT2D eigenvalue weighted by molar-refractivity contribution is 5.89. The molecule has 2 saturated heterocycles. The molecule has 2 aromatic rings. The number of hydrogen-bond acceptors (Lipinski definition) is 2. The SMILES string of the molecule is Cc1cn(CC2CCCCO2)c2cc(C3CCNC3=O)ccc12. The number of amides is 1. The fourth-order valence-corrected chi connectivity index (χ4v) is 3.94. The number of aryl methyl sites for hydroxylation is 1. The molecule has 2 unspecified atom stereocenters.